The number of nitrogens with two attached hydrogens (primary N) is 2. The van der Waals surface area contributed by atoms with Crippen LogP contribution in [0, 0.1) is 5.92 Å². The van der Waals surface area contributed by atoms with E-state index in [2.05, 4.69) is 32.5 Å². The smallest absolute Gasteiger partial charge is 0.232 e. The largest absolute Gasteiger partial charge is 0.384 e. The topological polar surface area (TPSA) is 130 Å². The monoisotopic (exact) mass is 344 g/mol. The lowest BCUT2D eigenvalue weighted by atomic mass is 10.2. The van der Waals surface area contributed by atoms with E-state index in [9.17, 15) is 0 Å². The molecular formula is C16H24N8O. The highest BCUT2D eigenvalue weighted by Gasteiger charge is 2.28. The second-order valence-electron chi connectivity index (χ2n) is 6.75. The Hall–Kier alpha value is -2.52. The van der Waals surface area contributed by atoms with Crippen LogP contribution in [0.1, 0.15) is 19.8 Å². The van der Waals surface area contributed by atoms with Gasteiger partial charge >= 0.3 is 0 Å². The summed E-state index contributed by atoms with van der Waals surface area (Å²) in [7, 11) is 0. The third-order valence-electron chi connectivity index (χ3n) is 4.70. The molecule has 9 heteroatoms. The highest BCUT2D eigenvalue weighted by Crippen LogP contribution is 2.34. The van der Waals surface area contributed by atoms with E-state index in [4.69, 9.17) is 16.3 Å². The van der Waals surface area contributed by atoms with E-state index in [1.54, 1.807) is 11.2 Å². The number of hydrogen-bond acceptors (Lipinski definition) is 8. The molecule has 1 aliphatic carbocycles. The summed E-state index contributed by atoms with van der Waals surface area (Å²) in [6.07, 6.45) is 6.03. The fraction of sp³-hybridized carbons (Fsp3) is 0.500. The summed E-state index contributed by atoms with van der Waals surface area (Å²) >= 11 is 0. The van der Waals surface area contributed by atoms with E-state index in [1.807, 2.05) is 12.3 Å². The number of rotatable bonds is 7. The molecule has 0 amide bonds. The van der Waals surface area contributed by atoms with Gasteiger partial charge in [-0.3, -0.25) is 0 Å². The summed E-state index contributed by atoms with van der Waals surface area (Å²) < 4.78 is 5.12. The van der Waals surface area contributed by atoms with Crippen LogP contribution in [0.15, 0.2) is 24.3 Å². The molecule has 1 atom stereocenters. The van der Waals surface area contributed by atoms with Gasteiger partial charge in [0.1, 0.15) is 17.3 Å². The van der Waals surface area contributed by atoms with Crippen molar-refractivity contribution in [2.75, 3.05) is 23.8 Å². The van der Waals surface area contributed by atoms with Crippen LogP contribution in [0.2, 0.25) is 0 Å². The molecule has 9 nitrogen and oxygen atoms in total. The lowest BCUT2D eigenvalue weighted by molar-refractivity contribution is -0.0493. The van der Waals surface area contributed by atoms with Gasteiger partial charge in [-0.1, -0.05) is 0 Å². The zero-order valence-electron chi connectivity index (χ0n) is 14.2. The molecule has 0 unspecified atom stereocenters. The van der Waals surface area contributed by atoms with Gasteiger partial charge in [-0.2, -0.15) is 9.97 Å². The zero-order valence-corrected chi connectivity index (χ0v) is 14.2. The number of nitrogens with zero attached hydrogens (tertiary/aromatic N) is 3. The molecule has 2 aromatic heterocycles. The molecule has 1 saturated heterocycles. The number of H-pyrrole nitrogens is 1. The first kappa shape index (κ1) is 16.0. The lowest BCUT2D eigenvalue weighted by Gasteiger charge is -2.33. The maximum atomic E-state index is 6.03. The third-order valence-corrected chi connectivity index (χ3v) is 4.70. The van der Waals surface area contributed by atoms with E-state index >= 15 is 0 Å². The minimum absolute atomic E-state index is 0.156. The van der Waals surface area contributed by atoms with Crippen LogP contribution in [-0.4, -0.2) is 45.3 Å². The van der Waals surface area contributed by atoms with Crippen LogP contribution < -0.4 is 22.2 Å². The third kappa shape index (κ3) is 3.47. The molecule has 0 radical (unpaired) electrons. The van der Waals surface area contributed by atoms with Crippen molar-refractivity contribution in [3.05, 3.63) is 24.3 Å². The Labute approximate surface area is 145 Å². The Balaban J connectivity index is 1.53. The molecule has 25 heavy (non-hydrogen) atoms. The highest BCUT2D eigenvalue weighted by atomic mass is 16.5. The first-order valence-electron chi connectivity index (χ1n) is 8.57. The number of anilines is 2. The molecule has 7 N–H and O–H groups in total. The summed E-state index contributed by atoms with van der Waals surface area (Å²) in [5.41, 5.74) is 6.79. The molecule has 0 spiro atoms. The SMILES string of the molecule is C[C@H](Nc1nc(N/C(N)=C/N(N)C2COC2)nc2[nH]ccc12)C1CC1. The van der Waals surface area contributed by atoms with Gasteiger partial charge in [0, 0.05) is 12.2 Å². The Morgan fingerprint density at radius 2 is 2.24 bits per heavy atom. The van der Waals surface area contributed by atoms with Crippen molar-refractivity contribution < 1.29 is 4.74 Å². The molecule has 1 aliphatic heterocycles. The van der Waals surface area contributed by atoms with E-state index < -0.39 is 0 Å². The van der Waals surface area contributed by atoms with Gasteiger partial charge < -0.3 is 31.1 Å². The van der Waals surface area contributed by atoms with Crippen LogP contribution in [0.3, 0.4) is 0 Å². The van der Waals surface area contributed by atoms with Crippen LogP contribution >= 0.6 is 0 Å². The standard InChI is InChI=1S/C16H24N8O/c1-9(10-2-3-10)20-15-12-4-5-19-14(12)22-16(23-15)21-13(17)6-24(18)11-7-25-8-11/h4-6,9-11H,2-3,7-8,17-18H2,1H3,(H3,19,20,21,22,23)/b13-6+/t9-/m0/s1. The summed E-state index contributed by atoms with van der Waals surface area (Å²) in [6.45, 7) is 3.41. The normalized spacial score (nSPS) is 19.5. The van der Waals surface area contributed by atoms with E-state index in [0.717, 1.165) is 22.8 Å². The van der Waals surface area contributed by atoms with E-state index in [1.165, 1.54) is 12.8 Å². The molecule has 134 valence electrons. The minimum Gasteiger partial charge on any atom is -0.384 e. The van der Waals surface area contributed by atoms with E-state index in [0.29, 0.717) is 31.0 Å². The van der Waals surface area contributed by atoms with Gasteiger partial charge in [-0.05, 0) is 31.7 Å². The Morgan fingerprint density at radius 1 is 1.44 bits per heavy atom. The summed E-state index contributed by atoms with van der Waals surface area (Å²) in [4.78, 5) is 12.2. The van der Waals surface area contributed by atoms with Gasteiger partial charge in [0.2, 0.25) is 5.95 Å². The number of fused-ring (bicyclic) bond motifs is 1. The summed E-state index contributed by atoms with van der Waals surface area (Å²) in [5.74, 6) is 8.27. The quantitative estimate of drug-likeness (QED) is 0.370. The number of nitrogens with one attached hydrogen (secondary N) is 3. The van der Waals surface area contributed by atoms with Gasteiger partial charge in [0.15, 0.2) is 0 Å². The molecule has 2 fully saturated rings. The second-order valence-corrected chi connectivity index (χ2v) is 6.75. The Bertz CT molecular complexity index is 780. The minimum atomic E-state index is 0.156. The van der Waals surface area contributed by atoms with Crippen molar-refractivity contribution >= 4 is 22.8 Å². The molecule has 2 aliphatic rings. The molecule has 1 saturated carbocycles. The Kier molecular flexibility index (Phi) is 4.10. The van der Waals surface area contributed by atoms with Crippen molar-refractivity contribution in [3.63, 3.8) is 0 Å². The fourth-order valence-electron chi connectivity index (χ4n) is 2.86. The van der Waals surface area contributed by atoms with Crippen molar-refractivity contribution in [1.29, 1.82) is 0 Å². The van der Waals surface area contributed by atoms with Gasteiger partial charge in [-0.15, -0.1) is 0 Å². The fourth-order valence-corrected chi connectivity index (χ4v) is 2.86. The second kappa shape index (κ2) is 6.41. The molecule has 3 heterocycles. The van der Waals surface area contributed by atoms with Crippen molar-refractivity contribution in [3.8, 4) is 0 Å². The van der Waals surface area contributed by atoms with Crippen LogP contribution in [0.4, 0.5) is 11.8 Å². The van der Waals surface area contributed by atoms with Gasteiger partial charge in [-0.25, -0.2) is 5.84 Å². The zero-order chi connectivity index (χ0) is 17.4. The van der Waals surface area contributed by atoms with Crippen LogP contribution in [0.5, 0.6) is 0 Å². The number of hydrogen-bond donors (Lipinski definition) is 5. The molecule has 0 aromatic carbocycles. The van der Waals surface area contributed by atoms with Crippen LogP contribution in [-0.2, 0) is 4.74 Å². The first-order chi connectivity index (χ1) is 12.1. The van der Waals surface area contributed by atoms with Gasteiger partial charge in [0.25, 0.3) is 0 Å². The van der Waals surface area contributed by atoms with Crippen molar-refractivity contribution in [2.24, 2.45) is 17.5 Å². The van der Waals surface area contributed by atoms with Gasteiger partial charge in [0.05, 0.1) is 30.8 Å². The predicted octanol–water partition coefficient (Wildman–Crippen LogP) is 0.912. The lowest BCUT2D eigenvalue weighted by Crippen LogP contribution is -2.50. The molecule has 0 bridgehead atoms. The first-order valence-corrected chi connectivity index (χ1v) is 8.57. The van der Waals surface area contributed by atoms with Crippen LogP contribution in [0.25, 0.3) is 11.0 Å². The van der Waals surface area contributed by atoms with E-state index in [-0.39, 0.29) is 6.04 Å². The number of aromatic amines is 1. The van der Waals surface area contributed by atoms with Crippen molar-refractivity contribution in [1.82, 2.24) is 20.0 Å². The molecular weight excluding hydrogens is 320 g/mol. The number of ether oxygens (including phenoxy) is 1. The summed E-state index contributed by atoms with van der Waals surface area (Å²) in [5, 5.41) is 9.03. The molecule has 2 aromatic rings. The maximum absolute atomic E-state index is 6.03. The number of aromatic nitrogens is 3. The van der Waals surface area contributed by atoms with Crippen molar-refractivity contribution in [2.45, 2.75) is 31.8 Å². The Morgan fingerprint density at radius 3 is 2.92 bits per heavy atom. The highest BCUT2D eigenvalue weighted by molar-refractivity contribution is 5.88. The summed E-state index contributed by atoms with van der Waals surface area (Å²) in [6, 6.07) is 2.51. The number of hydrazine groups is 1. The molecule has 4 rings (SSSR count). The maximum Gasteiger partial charge on any atom is 0.232 e. The predicted molar refractivity (Wildman–Crippen MR) is 96.2 cm³/mol. The average molecular weight is 344 g/mol. The average Bonchev–Trinajstić information content (AvgIpc) is 3.24.